The molecule has 0 fully saturated rings. The molecule has 0 aromatic heterocycles. The first-order valence-corrected chi connectivity index (χ1v) is 7.66. The highest BCUT2D eigenvalue weighted by atomic mass is 79.9. The number of carbonyl (C=O) groups excluding carboxylic acids is 1. The Balaban J connectivity index is 1.83. The molecule has 110 valence electrons. The summed E-state index contributed by atoms with van der Waals surface area (Å²) in [5, 5.41) is 13.3. The van der Waals surface area contributed by atoms with Crippen molar-refractivity contribution >= 4 is 33.4 Å². The highest BCUT2D eigenvalue weighted by molar-refractivity contribution is 9.10. The second-order valence-electron chi connectivity index (χ2n) is 4.67. The SMILES string of the molecule is O=C(Cc1ccc(Br)cc1)NCC(O)c1ccc(Cl)cc1. The van der Waals surface area contributed by atoms with Crippen molar-refractivity contribution < 1.29 is 9.90 Å². The fourth-order valence-corrected chi connectivity index (χ4v) is 2.25. The minimum Gasteiger partial charge on any atom is -0.387 e. The summed E-state index contributed by atoms with van der Waals surface area (Å²) in [4.78, 5) is 11.8. The van der Waals surface area contributed by atoms with Crippen LogP contribution >= 0.6 is 27.5 Å². The minimum atomic E-state index is -0.740. The molecule has 0 spiro atoms. The highest BCUT2D eigenvalue weighted by Crippen LogP contribution is 2.16. The van der Waals surface area contributed by atoms with Crippen molar-refractivity contribution in [3.8, 4) is 0 Å². The van der Waals surface area contributed by atoms with E-state index in [9.17, 15) is 9.90 Å². The van der Waals surface area contributed by atoms with Gasteiger partial charge in [-0.3, -0.25) is 4.79 Å². The molecule has 5 heteroatoms. The van der Waals surface area contributed by atoms with Crippen LogP contribution in [-0.4, -0.2) is 17.6 Å². The molecular formula is C16H15BrClNO2. The van der Waals surface area contributed by atoms with Crippen LogP contribution in [0.15, 0.2) is 53.0 Å². The number of aliphatic hydroxyl groups excluding tert-OH is 1. The molecule has 0 heterocycles. The number of benzene rings is 2. The maximum atomic E-state index is 11.8. The van der Waals surface area contributed by atoms with E-state index >= 15 is 0 Å². The monoisotopic (exact) mass is 367 g/mol. The maximum absolute atomic E-state index is 11.8. The van der Waals surface area contributed by atoms with Crippen molar-refractivity contribution in [3.63, 3.8) is 0 Å². The largest absolute Gasteiger partial charge is 0.387 e. The molecule has 2 N–H and O–H groups in total. The number of halogens is 2. The molecule has 2 aromatic carbocycles. The first-order chi connectivity index (χ1) is 10.0. The van der Waals surface area contributed by atoms with E-state index in [0.29, 0.717) is 11.4 Å². The van der Waals surface area contributed by atoms with E-state index in [0.717, 1.165) is 15.6 Å². The van der Waals surface area contributed by atoms with Crippen molar-refractivity contribution in [2.45, 2.75) is 12.5 Å². The second-order valence-corrected chi connectivity index (χ2v) is 6.03. The molecule has 1 amide bonds. The van der Waals surface area contributed by atoms with Gasteiger partial charge in [-0.2, -0.15) is 0 Å². The molecule has 3 nitrogen and oxygen atoms in total. The lowest BCUT2D eigenvalue weighted by molar-refractivity contribution is -0.120. The lowest BCUT2D eigenvalue weighted by Gasteiger charge is -2.12. The number of amides is 1. The zero-order valence-electron chi connectivity index (χ0n) is 11.2. The number of carbonyl (C=O) groups is 1. The van der Waals surface area contributed by atoms with Gasteiger partial charge >= 0.3 is 0 Å². The van der Waals surface area contributed by atoms with Crippen LogP contribution in [-0.2, 0) is 11.2 Å². The van der Waals surface area contributed by atoms with Crippen molar-refractivity contribution in [1.82, 2.24) is 5.32 Å². The molecule has 0 radical (unpaired) electrons. The van der Waals surface area contributed by atoms with Crippen LogP contribution < -0.4 is 5.32 Å². The normalized spacial score (nSPS) is 12.0. The molecule has 2 aromatic rings. The maximum Gasteiger partial charge on any atom is 0.224 e. The molecule has 0 saturated heterocycles. The quantitative estimate of drug-likeness (QED) is 0.848. The molecular weight excluding hydrogens is 354 g/mol. The molecule has 21 heavy (non-hydrogen) atoms. The number of rotatable bonds is 5. The Morgan fingerprint density at radius 2 is 1.76 bits per heavy atom. The van der Waals surface area contributed by atoms with Gasteiger partial charge in [-0.1, -0.05) is 51.8 Å². The Bertz CT molecular complexity index is 599. The number of hydrogen-bond donors (Lipinski definition) is 2. The smallest absolute Gasteiger partial charge is 0.224 e. The van der Waals surface area contributed by atoms with Gasteiger partial charge in [-0.25, -0.2) is 0 Å². The molecule has 0 aliphatic carbocycles. The summed E-state index contributed by atoms with van der Waals surface area (Å²) in [5.41, 5.74) is 1.65. The van der Waals surface area contributed by atoms with Gasteiger partial charge in [-0.05, 0) is 35.4 Å². The summed E-state index contributed by atoms with van der Waals surface area (Å²) in [6, 6.07) is 14.5. The first kappa shape index (κ1) is 16.0. The molecule has 0 saturated carbocycles. The Morgan fingerprint density at radius 3 is 2.38 bits per heavy atom. The van der Waals surface area contributed by atoms with E-state index in [4.69, 9.17) is 11.6 Å². The number of aliphatic hydroxyl groups is 1. The van der Waals surface area contributed by atoms with E-state index in [2.05, 4.69) is 21.2 Å². The van der Waals surface area contributed by atoms with Crippen LogP contribution in [0.4, 0.5) is 0 Å². The zero-order valence-corrected chi connectivity index (χ0v) is 13.6. The van der Waals surface area contributed by atoms with Crippen LogP contribution in [0.3, 0.4) is 0 Å². The fourth-order valence-electron chi connectivity index (χ4n) is 1.86. The van der Waals surface area contributed by atoms with E-state index in [1.165, 1.54) is 0 Å². The predicted octanol–water partition coefficient (Wildman–Crippen LogP) is 3.49. The minimum absolute atomic E-state index is 0.120. The van der Waals surface area contributed by atoms with Crippen molar-refractivity contribution in [2.24, 2.45) is 0 Å². The highest BCUT2D eigenvalue weighted by Gasteiger charge is 2.10. The Kier molecular flexibility index (Phi) is 5.79. The van der Waals surface area contributed by atoms with Crippen molar-refractivity contribution in [1.29, 1.82) is 0 Å². The average Bonchev–Trinajstić information content (AvgIpc) is 2.48. The van der Waals surface area contributed by atoms with Gasteiger partial charge in [0.2, 0.25) is 5.91 Å². The molecule has 0 bridgehead atoms. The van der Waals surface area contributed by atoms with E-state index in [1.54, 1.807) is 24.3 Å². The van der Waals surface area contributed by atoms with E-state index in [-0.39, 0.29) is 12.5 Å². The summed E-state index contributed by atoms with van der Waals surface area (Å²) < 4.78 is 0.977. The Labute approximate surface area is 137 Å². The molecule has 2 rings (SSSR count). The summed E-state index contributed by atoms with van der Waals surface area (Å²) in [6.07, 6.45) is -0.447. The standard InChI is InChI=1S/C16H15BrClNO2/c17-13-5-1-11(2-6-13)9-16(21)19-10-15(20)12-3-7-14(18)8-4-12/h1-8,15,20H,9-10H2,(H,19,21). The first-order valence-electron chi connectivity index (χ1n) is 6.49. The van der Waals surface area contributed by atoms with Crippen LogP contribution in [0.2, 0.25) is 5.02 Å². The molecule has 0 aliphatic rings. The lowest BCUT2D eigenvalue weighted by atomic mass is 10.1. The van der Waals surface area contributed by atoms with Crippen LogP contribution in [0.25, 0.3) is 0 Å². The van der Waals surface area contributed by atoms with Crippen LogP contribution in [0.5, 0.6) is 0 Å². The zero-order chi connectivity index (χ0) is 15.2. The number of nitrogens with one attached hydrogen (secondary N) is 1. The molecule has 1 atom stereocenters. The number of hydrogen-bond acceptors (Lipinski definition) is 2. The van der Waals surface area contributed by atoms with Gasteiger partial charge in [0.15, 0.2) is 0 Å². The van der Waals surface area contributed by atoms with Crippen LogP contribution in [0.1, 0.15) is 17.2 Å². The van der Waals surface area contributed by atoms with Gasteiger partial charge < -0.3 is 10.4 Å². The van der Waals surface area contributed by atoms with Gasteiger partial charge in [0.1, 0.15) is 0 Å². The van der Waals surface area contributed by atoms with E-state index in [1.807, 2.05) is 24.3 Å². The predicted molar refractivity (Wildman–Crippen MR) is 87.3 cm³/mol. The van der Waals surface area contributed by atoms with Gasteiger partial charge in [-0.15, -0.1) is 0 Å². The Hall–Kier alpha value is -1.36. The third-order valence-electron chi connectivity index (χ3n) is 3.03. The van der Waals surface area contributed by atoms with Gasteiger partial charge in [0.05, 0.1) is 12.5 Å². The summed E-state index contributed by atoms with van der Waals surface area (Å²) in [7, 11) is 0. The second kappa shape index (κ2) is 7.59. The molecule has 1 unspecified atom stereocenters. The van der Waals surface area contributed by atoms with Crippen LogP contribution in [0, 0.1) is 0 Å². The van der Waals surface area contributed by atoms with Gasteiger partial charge in [0.25, 0.3) is 0 Å². The van der Waals surface area contributed by atoms with Crippen molar-refractivity contribution in [2.75, 3.05) is 6.54 Å². The summed E-state index contributed by atoms with van der Waals surface area (Å²) in [5.74, 6) is -0.120. The average molecular weight is 369 g/mol. The summed E-state index contributed by atoms with van der Waals surface area (Å²) >= 11 is 9.14. The van der Waals surface area contributed by atoms with Gasteiger partial charge in [0, 0.05) is 16.0 Å². The third-order valence-corrected chi connectivity index (χ3v) is 3.81. The summed E-state index contributed by atoms with van der Waals surface area (Å²) in [6.45, 7) is 0.178. The van der Waals surface area contributed by atoms with E-state index < -0.39 is 6.10 Å². The topological polar surface area (TPSA) is 49.3 Å². The van der Waals surface area contributed by atoms with Crippen molar-refractivity contribution in [3.05, 3.63) is 69.2 Å². The molecule has 0 aliphatic heterocycles. The lowest BCUT2D eigenvalue weighted by Crippen LogP contribution is -2.29. The Morgan fingerprint density at radius 1 is 1.14 bits per heavy atom. The fraction of sp³-hybridized carbons (Fsp3) is 0.188. The third kappa shape index (κ3) is 5.16.